The molecule has 0 saturated carbocycles. The van der Waals surface area contributed by atoms with E-state index in [2.05, 4.69) is 15.9 Å². The van der Waals surface area contributed by atoms with Crippen LogP contribution in [0.5, 0.6) is 11.5 Å². The average molecular weight is 341 g/mol. The average Bonchev–Trinajstić information content (AvgIpc) is 2.35. The van der Waals surface area contributed by atoms with Gasteiger partial charge in [-0.2, -0.15) is 0 Å². The van der Waals surface area contributed by atoms with Crippen LogP contribution in [0, 0.1) is 0 Å². The molecule has 1 unspecified atom stereocenters. The zero-order chi connectivity index (χ0) is 13.8. The lowest BCUT2D eigenvalue weighted by molar-refractivity contribution is 0.471. The molecule has 0 aromatic heterocycles. The molecule has 2 rings (SSSR count). The SMILES string of the molecule is CC(N)Cc1cccc(Cl)c1Oc1ccccc1Br. The maximum absolute atomic E-state index is 6.23. The molecule has 2 aromatic carbocycles. The first-order valence-electron chi connectivity index (χ1n) is 6.03. The van der Waals surface area contributed by atoms with Gasteiger partial charge in [0.15, 0.2) is 0 Å². The van der Waals surface area contributed by atoms with Gasteiger partial charge >= 0.3 is 0 Å². The number of ether oxygens (including phenoxy) is 1. The van der Waals surface area contributed by atoms with E-state index in [0.29, 0.717) is 10.8 Å². The second-order valence-corrected chi connectivity index (χ2v) is 5.70. The minimum Gasteiger partial charge on any atom is -0.454 e. The van der Waals surface area contributed by atoms with Gasteiger partial charge in [0, 0.05) is 6.04 Å². The molecule has 0 bridgehead atoms. The fourth-order valence-electron chi connectivity index (χ4n) is 1.81. The first kappa shape index (κ1) is 14.4. The molecular formula is C15H15BrClNO. The van der Waals surface area contributed by atoms with E-state index in [1.165, 1.54) is 0 Å². The molecule has 19 heavy (non-hydrogen) atoms. The monoisotopic (exact) mass is 339 g/mol. The summed E-state index contributed by atoms with van der Waals surface area (Å²) in [5.41, 5.74) is 6.87. The Balaban J connectivity index is 2.36. The maximum Gasteiger partial charge on any atom is 0.149 e. The molecule has 0 aliphatic heterocycles. The van der Waals surface area contributed by atoms with Crippen LogP contribution in [0.3, 0.4) is 0 Å². The van der Waals surface area contributed by atoms with Crippen molar-refractivity contribution in [3.05, 3.63) is 57.5 Å². The van der Waals surface area contributed by atoms with Crippen LogP contribution in [0.25, 0.3) is 0 Å². The Bertz CT molecular complexity index is 572. The molecule has 0 aliphatic carbocycles. The molecule has 0 heterocycles. The van der Waals surface area contributed by atoms with E-state index in [-0.39, 0.29) is 6.04 Å². The largest absolute Gasteiger partial charge is 0.454 e. The Morgan fingerprint density at radius 3 is 2.63 bits per heavy atom. The Labute approximate surface area is 126 Å². The Kier molecular flexibility index (Phi) is 4.86. The molecule has 2 N–H and O–H groups in total. The summed E-state index contributed by atoms with van der Waals surface area (Å²) in [6.07, 6.45) is 0.723. The zero-order valence-corrected chi connectivity index (χ0v) is 12.9. The molecule has 0 fully saturated rings. The van der Waals surface area contributed by atoms with Gasteiger partial charge in [-0.1, -0.05) is 35.9 Å². The highest BCUT2D eigenvalue weighted by molar-refractivity contribution is 9.10. The normalized spacial score (nSPS) is 12.2. The smallest absolute Gasteiger partial charge is 0.149 e. The number of hydrogen-bond donors (Lipinski definition) is 1. The van der Waals surface area contributed by atoms with Crippen molar-refractivity contribution in [2.75, 3.05) is 0 Å². The molecule has 0 spiro atoms. The predicted octanol–water partition coefficient (Wildman–Crippen LogP) is 4.78. The van der Waals surface area contributed by atoms with E-state index in [9.17, 15) is 0 Å². The van der Waals surface area contributed by atoms with E-state index in [0.717, 1.165) is 22.2 Å². The predicted molar refractivity (Wildman–Crippen MR) is 83.0 cm³/mol. The third kappa shape index (κ3) is 3.72. The number of para-hydroxylation sites is 2. The maximum atomic E-state index is 6.23. The third-order valence-electron chi connectivity index (χ3n) is 2.64. The summed E-state index contributed by atoms with van der Waals surface area (Å²) in [6.45, 7) is 1.96. The standard InChI is InChI=1S/C15H15BrClNO/c1-10(18)9-11-5-4-7-13(17)15(11)19-14-8-3-2-6-12(14)16/h2-8,10H,9,18H2,1H3. The van der Waals surface area contributed by atoms with Crippen molar-refractivity contribution in [2.45, 2.75) is 19.4 Å². The van der Waals surface area contributed by atoms with Gasteiger partial charge in [0.2, 0.25) is 0 Å². The minimum absolute atomic E-state index is 0.0556. The molecule has 2 aromatic rings. The van der Waals surface area contributed by atoms with Gasteiger partial charge in [0.1, 0.15) is 11.5 Å². The van der Waals surface area contributed by atoms with Crippen molar-refractivity contribution in [1.82, 2.24) is 0 Å². The fraction of sp³-hybridized carbons (Fsp3) is 0.200. The van der Waals surface area contributed by atoms with Crippen LogP contribution in [0.15, 0.2) is 46.9 Å². The van der Waals surface area contributed by atoms with Gasteiger partial charge in [-0.05, 0) is 53.0 Å². The topological polar surface area (TPSA) is 35.2 Å². The van der Waals surface area contributed by atoms with Gasteiger partial charge in [0.05, 0.1) is 9.50 Å². The van der Waals surface area contributed by atoms with Crippen molar-refractivity contribution in [2.24, 2.45) is 5.73 Å². The quantitative estimate of drug-likeness (QED) is 0.869. The second-order valence-electron chi connectivity index (χ2n) is 4.44. The third-order valence-corrected chi connectivity index (χ3v) is 3.59. The number of hydrogen-bond acceptors (Lipinski definition) is 2. The molecule has 0 radical (unpaired) electrons. The van der Waals surface area contributed by atoms with Crippen LogP contribution in [0.4, 0.5) is 0 Å². The molecule has 0 aliphatic rings. The zero-order valence-electron chi connectivity index (χ0n) is 10.6. The lowest BCUT2D eigenvalue weighted by Gasteiger charge is -2.15. The summed E-state index contributed by atoms with van der Waals surface area (Å²) in [5.74, 6) is 1.41. The number of halogens is 2. The van der Waals surface area contributed by atoms with Crippen molar-refractivity contribution in [3.8, 4) is 11.5 Å². The summed E-state index contributed by atoms with van der Waals surface area (Å²) in [7, 11) is 0. The molecular weight excluding hydrogens is 326 g/mol. The highest BCUT2D eigenvalue weighted by atomic mass is 79.9. The second kappa shape index (κ2) is 6.42. The van der Waals surface area contributed by atoms with Gasteiger partial charge in [-0.25, -0.2) is 0 Å². The molecule has 100 valence electrons. The Morgan fingerprint density at radius 2 is 1.95 bits per heavy atom. The molecule has 2 nitrogen and oxygen atoms in total. The summed E-state index contributed by atoms with van der Waals surface area (Å²) < 4.78 is 6.83. The van der Waals surface area contributed by atoms with Crippen molar-refractivity contribution in [1.29, 1.82) is 0 Å². The first-order valence-corrected chi connectivity index (χ1v) is 7.20. The number of rotatable bonds is 4. The molecule has 0 saturated heterocycles. The van der Waals surface area contributed by atoms with Crippen LogP contribution in [-0.4, -0.2) is 6.04 Å². The molecule has 0 amide bonds. The fourth-order valence-corrected chi connectivity index (χ4v) is 2.41. The summed E-state index contributed by atoms with van der Waals surface area (Å²) >= 11 is 9.69. The van der Waals surface area contributed by atoms with Crippen molar-refractivity contribution >= 4 is 27.5 Å². The van der Waals surface area contributed by atoms with Crippen LogP contribution in [0.1, 0.15) is 12.5 Å². The van der Waals surface area contributed by atoms with Gasteiger partial charge < -0.3 is 10.5 Å². The summed E-state index contributed by atoms with van der Waals surface area (Å²) in [6, 6.07) is 13.4. The van der Waals surface area contributed by atoms with Crippen molar-refractivity contribution < 1.29 is 4.74 Å². The van der Waals surface area contributed by atoms with Crippen LogP contribution in [-0.2, 0) is 6.42 Å². The highest BCUT2D eigenvalue weighted by Crippen LogP contribution is 2.36. The number of benzene rings is 2. The van der Waals surface area contributed by atoms with E-state index in [1.54, 1.807) is 0 Å². The first-order chi connectivity index (χ1) is 9.08. The lowest BCUT2D eigenvalue weighted by atomic mass is 10.1. The van der Waals surface area contributed by atoms with Crippen LogP contribution >= 0.6 is 27.5 Å². The summed E-state index contributed by atoms with van der Waals surface area (Å²) in [5, 5.41) is 0.592. The minimum atomic E-state index is 0.0556. The van der Waals surface area contributed by atoms with E-state index < -0.39 is 0 Å². The molecule has 4 heteroatoms. The van der Waals surface area contributed by atoms with Crippen LogP contribution in [0.2, 0.25) is 5.02 Å². The number of nitrogens with two attached hydrogens (primary N) is 1. The Hall–Kier alpha value is -1.03. The van der Waals surface area contributed by atoms with Crippen LogP contribution < -0.4 is 10.5 Å². The van der Waals surface area contributed by atoms with Gasteiger partial charge in [-0.15, -0.1) is 0 Å². The van der Waals surface area contributed by atoms with Gasteiger partial charge in [0.25, 0.3) is 0 Å². The van der Waals surface area contributed by atoms with E-state index >= 15 is 0 Å². The summed E-state index contributed by atoms with van der Waals surface area (Å²) in [4.78, 5) is 0. The van der Waals surface area contributed by atoms with Gasteiger partial charge in [-0.3, -0.25) is 0 Å². The highest BCUT2D eigenvalue weighted by Gasteiger charge is 2.12. The Morgan fingerprint density at radius 1 is 1.21 bits per heavy atom. The lowest BCUT2D eigenvalue weighted by Crippen LogP contribution is -2.18. The molecule has 1 atom stereocenters. The van der Waals surface area contributed by atoms with E-state index in [1.807, 2.05) is 49.4 Å². The van der Waals surface area contributed by atoms with E-state index in [4.69, 9.17) is 22.1 Å². The van der Waals surface area contributed by atoms with Crippen molar-refractivity contribution in [3.63, 3.8) is 0 Å².